The van der Waals surface area contributed by atoms with Crippen molar-refractivity contribution in [3.8, 4) is 11.1 Å². The summed E-state index contributed by atoms with van der Waals surface area (Å²) in [5.41, 5.74) is 5.12. The van der Waals surface area contributed by atoms with Gasteiger partial charge in [0.05, 0.1) is 0 Å². The average molecular weight is 647 g/mol. The molecule has 0 bridgehead atoms. The third-order valence-electron chi connectivity index (χ3n) is 9.36. The Morgan fingerprint density at radius 1 is 0.362 bits per heavy atom. The van der Waals surface area contributed by atoms with Gasteiger partial charge in [-0.2, -0.15) is 0 Å². The van der Waals surface area contributed by atoms with Crippen LogP contribution in [-0.4, -0.2) is 0 Å². The van der Waals surface area contributed by atoms with Crippen LogP contribution in [0.2, 0.25) is 0 Å². The number of fused-ring (bicyclic) bond motifs is 1. The Bertz CT molecular complexity index is 2330. The molecule has 0 fully saturated rings. The molecule has 0 radical (unpaired) electrons. The van der Waals surface area contributed by atoms with Gasteiger partial charge in [0.15, 0.2) is 14.3 Å². The standard InChI is InChI=1S/C43H36O2P2/c1-31-13-12-20-42(33(31)3)47(45,39-18-8-5-9-19-39)43-30-37(22-21-32(43)2)35-23-26-40(27-24-35)46(44,38-16-6-4-7-17-38)41-28-25-34-14-10-11-15-36(34)29-41/h4-30H,1-3H3. The fraction of sp³-hybridized carbons (Fsp3) is 0.0698. The van der Waals surface area contributed by atoms with E-state index in [4.69, 9.17) is 0 Å². The lowest BCUT2D eigenvalue weighted by Gasteiger charge is -2.25. The quantitative estimate of drug-likeness (QED) is 0.162. The summed E-state index contributed by atoms with van der Waals surface area (Å²) in [5.74, 6) is 0. The van der Waals surface area contributed by atoms with Crippen molar-refractivity contribution in [2.45, 2.75) is 20.8 Å². The summed E-state index contributed by atoms with van der Waals surface area (Å²) >= 11 is 0. The van der Waals surface area contributed by atoms with Crippen LogP contribution in [-0.2, 0) is 9.13 Å². The molecular formula is C43H36O2P2. The zero-order valence-corrected chi connectivity index (χ0v) is 28.6. The molecule has 2 unspecified atom stereocenters. The molecule has 0 heterocycles. The molecule has 7 aromatic carbocycles. The predicted molar refractivity (Wildman–Crippen MR) is 202 cm³/mol. The highest BCUT2D eigenvalue weighted by Gasteiger charge is 2.34. The van der Waals surface area contributed by atoms with Crippen LogP contribution in [0.25, 0.3) is 21.9 Å². The van der Waals surface area contributed by atoms with Crippen molar-refractivity contribution < 1.29 is 9.13 Å². The molecule has 0 amide bonds. The summed E-state index contributed by atoms with van der Waals surface area (Å²) in [6.07, 6.45) is 0. The van der Waals surface area contributed by atoms with E-state index in [0.29, 0.717) is 0 Å². The van der Waals surface area contributed by atoms with Crippen LogP contribution in [0.3, 0.4) is 0 Å². The van der Waals surface area contributed by atoms with Crippen LogP contribution in [0.1, 0.15) is 16.7 Å². The minimum atomic E-state index is -3.21. The molecule has 0 spiro atoms. The zero-order chi connectivity index (χ0) is 32.6. The fourth-order valence-corrected chi connectivity index (χ4v) is 12.5. The van der Waals surface area contributed by atoms with Crippen LogP contribution in [0.4, 0.5) is 0 Å². The van der Waals surface area contributed by atoms with Gasteiger partial charge in [0.1, 0.15) is 0 Å². The molecule has 0 saturated carbocycles. The molecule has 0 aliphatic carbocycles. The Labute approximate surface area is 277 Å². The van der Waals surface area contributed by atoms with Crippen molar-refractivity contribution in [1.29, 1.82) is 0 Å². The van der Waals surface area contributed by atoms with Gasteiger partial charge in [-0.05, 0) is 71.5 Å². The van der Waals surface area contributed by atoms with Crippen molar-refractivity contribution in [2.75, 3.05) is 0 Å². The minimum Gasteiger partial charge on any atom is -0.309 e. The average Bonchev–Trinajstić information content (AvgIpc) is 3.13. The second kappa shape index (κ2) is 12.5. The summed E-state index contributed by atoms with van der Waals surface area (Å²) in [4.78, 5) is 0. The lowest BCUT2D eigenvalue weighted by Crippen LogP contribution is -2.28. The van der Waals surface area contributed by atoms with Crippen molar-refractivity contribution in [3.05, 3.63) is 180 Å². The van der Waals surface area contributed by atoms with Gasteiger partial charge in [-0.3, -0.25) is 0 Å². The Balaban J connectivity index is 1.35. The smallest absolute Gasteiger partial charge is 0.171 e. The van der Waals surface area contributed by atoms with Crippen LogP contribution in [0.5, 0.6) is 0 Å². The molecule has 0 aromatic heterocycles. The van der Waals surface area contributed by atoms with Crippen molar-refractivity contribution in [1.82, 2.24) is 0 Å². The van der Waals surface area contributed by atoms with Crippen LogP contribution in [0, 0.1) is 20.8 Å². The molecule has 47 heavy (non-hydrogen) atoms. The van der Waals surface area contributed by atoms with Gasteiger partial charge in [-0.15, -0.1) is 0 Å². The number of benzene rings is 7. The molecular weight excluding hydrogens is 610 g/mol. The second-order valence-corrected chi connectivity index (χ2v) is 17.7. The Kier molecular flexibility index (Phi) is 8.19. The van der Waals surface area contributed by atoms with Gasteiger partial charge in [-0.1, -0.05) is 152 Å². The predicted octanol–water partition coefficient (Wildman–Crippen LogP) is 8.71. The molecule has 230 valence electrons. The molecule has 2 atom stereocenters. The van der Waals surface area contributed by atoms with Gasteiger partial charge < -0.3 is 9.13 Å². The number of rotatable bonds is 7. The first-order chi connectivity index (χ1) is 22.8. The molecule has 0 aliphatic rings. The van der Waals surface area contributed by atoms with Gasteiger partial charge in [0.25, 0.3) is 0 Å². The lowest BCUT2D eigenvalue weighted by molar-refractivity contribution is 0.591. The van der Waals surface area contributed by atoms with Crippen molar-refractivity contribution in [2.24, 2.45) is 0 Å². The first-order valence-electron chi connectivity index (χ1n) is 15.9. The first kappa shape index (κ1) is 30.9. The maximum absolute atomic E-state index is 15.6. The van der Waals surface area contributed by atoms with Gasteiger partial charge in [-0.25, -0.2) is 0 Å². The maximum Gasteiger partial charge on any atom is 0.171 e. The summed E-state index contributed by atoms with van der Waals surface area (Å²) < 4.78 is 30.8. The highest BCUT2D eigenvalue weighted by Crippen LogP contribution is 2.46. The van der Waals surface area contributed by atoms with E-state index < -0.39 is 14.3 Å². The molecule has 7 rings (SSSR count). The van der Waals surface area contributed by atoms with Crippen molar-refractivity contribution in [3.63, 3.8) is 0 Å². The van der Waals surface area contributed by atoms with Crippen LogP contribution < -0.4 is 31.8 Å². The van der Waals surface area contributed by atoms with E-state index in [1.807, 2.05) is 122 Å². The summed E-state index contributed by atoms with van der Waals surface area (Å²) in [5, 5.41) is 7.11. The zero-order valence-electron chi connectivity index (χ0n) is 26.8. The Morgan fingerprint density at radius 3 is 1.60 bits per heavy atom. The third-order valence-corrected chi connectivity index (χ3v) is 15.8. The lowest BCUT2D eigenvalue weighted by atomic mass is 10.0. The first-order valence-corrected chi connectivity index (χ1v) is 19.3. The molecule has 4 heteroatoms. The van der Waals surface area contributed by atoms with E-state index in [-0.39, 0.29) is 0 Å². The largest absolute Gasteiger partial charge is 0.309 e. The van der Waals surface area contributed by atoms with Crippen molar-refractivity contribution >= 4 is 56.9 Å². The van der Waals surface area contributed by atoms with Crippen LogP contribution >= 0.6 is 14.3 Å². The molecule has 2 nitrogen and oxygen atoms in total. The molecule has 0 N–H and O–H groups in total. The van der Waals surface area contributed by atoms with Crippen LogP contribution in [0.15, 0.2) is 164 Å². The minimum absolute atomic E-state index is 0.778. The Morgan fingerprint density at radius 2 is 0.915 bits per heavy atom. The molecule has 0 aliphatic heterocycles. The topological polar surface area (TPSA) is 34.1 Å². The Hall–Kier alpha value is -4.74. The van der Waals surface area contributed by atoms with E-state index >= 15 is 9.13 Å². The number of hydrogen-bond acceptors (Lipinski definition) is 2. The van der Waals surface area contributed by atoms with Gasteiger partial charge in [0.2, 0.25) is 0 Å². The molecule has 0 saturated heterocycles. The second-order valence-electron chi connectivity index (χ2n) is 12.2. The normalized spacial score (nSPS) is 13.9. The maximum atomic E-state index is 15.6. The number of aryl methyl sites for hydroxylation is 2. The SMILES string of the molecule is Cc1ccc(-c2ccc(P(=O)(c3ccccc3)c3ccc4ccccc4c3)cc2)cc1P(=O)(c1ccccc1)c1cccc(C)c1C. The highest BCUT2D eigenvalue weighted by atomic mass is 31.2. The number of hydrogen-bond donors (Lipinski definition) is 0. The van der Waals surface area contributed by atoms with E-state index in [1.165, 1.54) is 0 Å². The van der Waals surface area contributed by atoms with E-state index in [9.17, 15) is 0 Å². The van der Waals surface area contributed by atoms with E-state index in [2.05, 4.69) is 62.4 Å². The highest BCUT2D eigenvalue weighted by molar-refractivity contribution is 7.85. The monoisotopic (exact) mass is 646 g/mol. The van der Waals surface area contributed by atoms with E-state index in [0.717, 1.165) is 70.4 Å². The fourth-order valence-electron chi connectivity index (χ4n) is 6.57. The summed E-state index contributed by atoms with van der Waals surface area (Å²) in [6, 6.07) is 54.4. The third kappa shape index (κ3) is 5.43. The van der Waals surface area contributed by atoms with Gasteiger partial charge in [0, 0.05) is 31.8 Å². The summed E-state index contributed by atoms with van der Waals surface area (Å²) in [7, 11) is -6.38. The summed E-state index contributed by atoms with van der Waals surface area (Å²) in [6.45, 7) is 6.19. The van der Waals surface area contributed by atoms with Gasteiger partial charge >= 0.3 is 0 Å². The molecule has 7 aromatic rings. The van der Waals surface area contributed by atoms with E-state index in [1.54, 1.807) is 0 Å².